The van der Waals surface area contributed by atoms with E-state index in [1.807, 2.05) is 24.9 Å². The van der Waals surface area contributed by atoms with Crippen LogP contribution in [0.2, 0.25) is 0 Å². The van der Waals surface area contributed by atoms with Gasteiger partial charge in [0.05, 0.1) is 12.1 Å². The zero-order valence-corrected chi connectivity index (χ0v) is 15.7. The topological polar surface area (TPSA) is 57.0 Å². The number of likely N-dealkylation sites (tertiary alicyclic amines) is 1. The smallest absolute Gasteiger partial charge is 0.257 e. The fourth-order valence-electron chi connectivity index (χ4n) is 4.09. The number of carbonyl (C=O) groups is 2. The van der Waals surface area contributed by atoms with Gasteiger partial charge in [-0.2, -0.15) is 0 Å². The zero-order valence-electron chi connectivity index (χ0n) is 15.7. The van der Waals surface area contributed by atoms with Crippen molar-refractivity contribution in [3.63, 3.8) is 0 Å². The van der Waals surface area contributed by atoms with Crippen molar-refractivity contribution in [1.82, 2.24) is 14.7 Å². The van der Waals surface area contributed by atoms with Gasteiger partial charge in [0.2, 0.25) is 5.91 Å². The fourth-order valence-corrected chi connectivity index (χ4v) is 4.09. The van der Waals surface area contributed by atoms with Gasteiger partial charge in [-0.3, -0.25) is 14.5 Å². The van der Waals surface area contributed by atoms with Gasteiger partial charge in [-0.1, -0.05) is 13.8 Å². The van der Waals surface area contributed by atoms with E-state index in [4.69, 9.17) is 4.42 Å². The molecule has 1 aromatic heterocycles. The summed E-state index contributed by atoms with van der Waals surface area (Å²) in [6.45, 7) is 9.34. The molecular formula is C19H29N3O3. The molecule has 138 valence electrons. The largest absolute Gasteiger partial charge is 0.464 e. The zero-order chi connectivity index (χ0) is 18.1. The standard InChI is InChI=1S/C19H29N3O3/c1-5-21(6-2)12-16-10-17(13(3)25-16)19(24)22-14-7-8-15(22)11-20(4)18(23)9-14/h10,14-15H,5-9,11-12H2,1-4H3/t14-,15+/m1/s1. The van der Waals surface area contributed by atoms with Gasteiger partial charge >= 0.3 is 0 Å². The number of furan rings is 1. The van der Waals surface area contributed by atoms with Crippen molar-refractivity contribution >= 4 is 11.8 Å². The monoisotopic (exact) mass is 347 g/mol. The average Bonchev–Trinajstić information content (AvgIpc) is 3.11. The van der Waals surface area contributed by atoms with E-state index >= 15 is 0 Å². The number of carbonyl (C=O) groups excluding carboxylic acids is 2. The molecule has 0 N–H and O–H groups in total. The number of aryl methyl sites for hydroxylation is 1. The Morgan fingerprint density at radius 3 is 2.64 bits per heavy atom. The molecule has 0 spiro atoms. The van der Waals surface area contributed by atoms with E-state index in [-0.39, 0.29) is 23.9 Å². The third-order valence-corrected chi connectivity index (χ3v) is 5.65. The maximum atomic E-state index is 13.2. The Balaban J connectivity index is 1.81. The molecule has 3 rings (SSSR count). The molecule has 6 nitrogen and oxygen atoms in total. The van der Waals surface area contributed by atoms with Crippen LogP contribution in [-0.4, -0.2) is 65.3 Å². The molecule has 3 heterocycles. The van der Waals surface area contributed by atoms with Crippen molar-refractivity contribution < 1.29 is 14.0 Å². The van der Waals surface area contributed by atoms with Crippen molar-refractivity contribution in [3.8, 4) is 0 Å². The van der Waals surface area contributed by atoms with Crippen LogP contribution in [0.3, 0.4) is 0 Å². The highest BCUT2D eigenvalue weighted by atomic mass is 16.3. The highest BCUT2D eigenvalue weighted by molar-refractivity contribution is 5.96. The van der Waals surface area contributed by atoms with Crippen molar-refractivity contribution in [2.75, 3.05) is 26.7 Å². The first-order valence-corrected chi connectivity index (χ1v) is 9.32. The van der Waals surface area contributed by atoms with E-state index < -0.39 is 0 Å². The minimum Gasteiger partial charge on any atom is -0.464 e. The Kier molecular flexibility index (Phi) is 5.18. The molecule has 0 aromatic carbocycles. The first-order chi connectivity index (χ1) is 11.9. The Morgan fingerprint density at radius 2 is 1.96 bits per heavy atom. The lowest BCUT2D eigenvalue weighted by molar-refractivity contribution is -0.130. The van der Waals surface area contributed by atoms with E-state index in [1.165, 1.54) is 0 Å². The first-order valence-electron chi connectivity index (χ1n) is 9.32. The predicted octanol–water partition coefficient (Wildman–Crippen LogP) is 2.27. The Bertz CT molecular complexity index is 650. The summed E-state index contributed by atoms with van der Waals surface area (Å²) in [6.07, 6.45) is 2.32. The second-order valence-corrected chi connectivity index (χ2v) is 7.22. The van der Waals surface area contributed by atoms with Crippen LogP contribution in [-0.2, 0) is 11.3 Å². The van der Waals surface area contributed by atoms with E-state index in [1.54, 1.807) is 4.90 Å². The molecule has 1 aromatic rings. The van der Waals surface area contributed by atoms with Crippen LogP contribution >= 0.6 is 0 Å². The molecule has 2 fully saturated rings. The van der Waals surface area contributed by atoms with E-state index in [0.717, 1.165) is 38.2 Å². The summed E-state index contributed by atoms with van der Waals surface area (Å²) in [5.41, 5.74) is 0.649. The van der Waals surface area contributed by atoms with E-state index in [2.05, 4.69) is 18.7 Å². The minimum absolute atomic E-state index is 0.0163. The van der Waals surface area contributed by atoms with Crippen LogP contribution in [0.15, 0.2) is 10.5 Å². The van der Waals surface area contributed by atoms with Gasteiger partial charge in [-0.05, 0) is 38.9 Å². The minimum atomic E-state index is 0.0163. The van der Waals surface area contributed by atoms with Crippen LogP contribution in [0, 0.1) is 6.92 Å². The summed E-state index contributed by atoms with van der Waals surface area (Å²) < 4.78 is 5.86. The van der Waals surface area contributed by atoms with Crippen LogP contribution in [0.1, 0.15) is 55.0 Å². The van der Waals surface area contributed by atoms with Crippen molar-refractivity contribution in [3.05, 3.63) is 23.2 Å². The third-order valence-electron chi connectivity index (χ3n) is 5.65. The average molecular weight is 347 g/mol. The summed E-state index contributed by atoms with van der Waals surface area (Å²) in [7, 11) is 1.83. The molecule has 2 bridgehead atoms. The van der Waals surface area contributed by atoms with Gasteiger partial charge in [0.15, 0.2) is 0 Å². The molecule has 2 atom stereocenters. The third kappa shape index (κ3) is 3.45. The van der Waals surface area contributed by atoms with Crippen LogP contribution in [0.5, 0.6) is 0 Å². The number of fused-ring (bicyclic) bond motifs is 2. The maximum Gasteiger partial charge on any atom is 0.257 e. The Hall–Kier alpha value is -1.82. The Labute approximate surface area is 149 Å². The lowest BCUT2D eigenvalue weighted by atomic mass is 10.1. The van der Waals surface area contributed by atoms with Crippen molar-refractivity contribution in [2.24, 2.45) is 0 Å². The quantitative estimate of drug-likeness (QED) is 0.820. The van der Waals surface area contributed by atoms with Crippen molar-refractivity contribution in [1.29, 1.82) is 0 Å². The number of rotatable bonds is 5. The SMILES string of the molecule is CCN(CC)Cc1cc(C(=O)N2[C@@H]3CC[C@H]2CN(C)C(=O)C3)c(C)o1. The van der Waals surface area contributed by atoms with E-state index in [0.29, 0.717) is 24.3 Å². The normalized spacial score (nSPS) is 23.5. The summed E-state index contributed by atoms with van der Waals surface area (Å²) in [6, 6.07) is 2.04. The number of nitrogens with zero attached hydrogens (tertiary/aromatic N) is 3. The van der Waals surface area contributed by atoms with Gasteiger partial charge < -0.3 is 14.2 Å². The highest BCUT2D eigenvalue weighted by Crippen LogP contribution is 2.33. The van der Waals surface area contributed by atoms with Crippen LogP contribution in [0.4, 0.5) is 0 Å². The summed E-state index contributed by atoms with van der Waals surface area (Å²) in [5.74, 6) is 1.66. The second kappa shape index (κ2) is 7.20. The molecule has 0 unspecified atom stereocenters. The summed E-state index contributed by atoms with van der Waals surface area (Å²) in [5, 5.41) is 0. The summed E-state index contributed by atoms with van der Waals surface area (Å²) in [4.78, 5) is 31.3. The lowest BCUT2D eigenvalue weighted by Gasteiger charge is -2.27. The molecular weight excluding hydrogens is 318 g/mol. The highest BCUT2D eigenvalue weighted by Gasteiger charge is 2.42. The molecule has 2 aliphatic rings. The molecule has 0 radical (unpaired) electrons. The molecule has 25 heavy (non-hydrogen) atoms. The number of amides is 2. The van der Waals surface area contributed by atoms with Gasteiger partial charge in [-0.15, -0.1) is 0 Å². The van der Waals surface area contributed by atoms with Crippen LogP contribution < -0.4 is 0 Å². The van der Waals surface area contributed by atoms with Gasteiger partial charge in [0, 0.05) is 32.1 Å². The van der Waals surface area contributed by atoms with Crippen LogP contribution in [0.25, 0.3) is 0 Å². The molecule has 0 aliphatic carbocycles. The summed E-state index contributed by atoms with van der Waals surface area (Å²) >= 11 is 0. The Morgan fingerprint density at radius 1 is 1.28 bits per heavy atom. The molecule has 2 aliphatic heterocycles. The molecule has 6 heteroatoms. The number of hydrogen-bond donors (Lipinski definition) is 0. The van der Waals surface area contributed by atoms with E-state index in [9.17, 15) is 9.59 Å². The number of likely N-dealkylation sites (N-methyl/N-ethyl adjacent to an activating group) is 1. The van der Waals surface area contributed by atoms with Gasteiger partial charge in [0.25, 0.3) is 5.91 Å². The van der Waals surface area contributed by atoms with Gasteiger partial charge in [0.1, 0.15) is 11.5 Å². The first kappa shape index (κ1) is 18.0. The second-order valence-electron chi connectivity index (χ2n) is 7.22. The number of hydrogen-bond acceptors (Lipinski definition) is 4. The van der Waals surface area contributed by atoms with Crippen molar-refractivity contribution in [2.45, 2.75) is 58.7 Å². The fraction of sp³-hybridized carbons (Fsp3) is 0.684. The maximum absolute atomic E-state index is 13.2. The lowest BCUT2D eigenvalue weighted by Crippen LogP contribution is -2.42. The molecule has 2 amide bonds. The molecule has 2 saturated heterocycles. The van der Waals surface area contributed by atoms with Gasteiger partial charge in [-0.25, -0.2) is 0 Å². The predicted molar refractivity (Wildman–Crippen MR) is 95.3 cm³/mol. The molecule has 0 saturated carbocycles.